The Bertz CT molecular complexity index is 2460. The summed E-state index contributed by atoms with van der Waals surface area (Å²) in [6.45, 7) is -3.26. The van der Waals surface area contributed by atoms with Gasteiger partial charge in [0, 0.05) is 24.0 Å². The highest BCUT2D eigenvalue weighted by Crippen LogP contribution is 2.44. The van der Waals surface area contributed by atoms with Crippen LogP contribution in [-0.2, 0) is 6.37 Å². The van der Waals surface area contributed by atoms with Crippen LogP contribution in [-0.4, -0.2) is 9.55 Å². The van der Waals surface area contributed by atoms with E-state index in [2.05, 4.69) is 4.98 Å². The molecule has 7 rings (SSSR count). The van der Waals surface area contributed by atoms with Crippen LogP contribution in [0.3, 0.4) is 0 Å². The van der Waals surface area contributed by atoms with Gasteiger partial charge in [0.05, 0.1) is 27.7 Å². The zero-order valence-electron chi connectivity index (χ0n) is 32.4. The van der Waals surface area contributed by atoms with Crippen molar-refractivity contribution in [3.63, 3.8) is 0 Å². The quantitative estimate of drug-likeness (QED) is 0.226. The molecular weight excluding hydrogens is 448 g/mol. The number of benzene rings is 6. The smallest absolute Gasteiger partial charge is 0.114 e. The molecule has 1 heterocycles. The van der Waals surface area contributed by atoms with Crippen molar-refractivity contribution in [2.24, 2.45) is 0 Å². The lowest BCUT2D eigenvalue weighted by Crippen LogP contribution is -2.03. The van der Waals surface area contributed by atoms with Gasteiger partial charge < -0.3 is 0 Å². The third-order valence-corrected chi connectivity index (χ3v) is 6.53. The van der Waals surface area contributed by atoms with E-state index in [1.165, 1.54) is 12.1 Å². The van der Waals surface area contributed by atoms with Crippen LogP contribution in [0, 0.1) is 0 Å². The highest BCUT2D eigenvalue weighted by molar-refractivity contribution is 6.19. The Kier molecular flexibility index (Phi) is 2.85. The molecule has 2 heteroatoms. The lowest BCUT2D eigenvalue weighted by atomic mass is 9.87. The fourth-order valence-corrected chi connectivity index (χ4v) is 5.00. The van der Waals surface area contributed by atoms with Crippen LogP contribution in [0.15, 0.2) is 127 Å². The molecule has 6 aromatic carbocycles. The molecule has 0 fully saturated rings. The van der Waals surface area contributed by atoms with Crippen molar-refractivity contribution in [1.82, 2.24) is 9.55 Å². The molecule has 0 spiro atoms. The van der Waals surface area contributed by atoms with Crippen LogP contribution in [0.2, 0.25) is 0 Å². The van der Waals surface area contributed by atoms with Gasteiger partial charge in [0.15, 0.2) is 0 Å². The second-order valence-electron chi connectivity index (χ2n) is 8.52. The SMILES string of the molecule is [2H]c1c([2H])c([2H])c2c(-n3c(C([2H])([2H])C([2H])([2H])[2H])nc4ccccc43)c3c([2H])c([2H])c([2H])c([2H])c3c(-c3ccccc3-c3ccccc3)c2c1[2H]. The van der Waals surface area contributed by atoms with Gasteiger partial charge >= 0.3 is 0 Å². The summed E-state index contributed by atoms with van der Waals surface area (Å²) in [7, 11) is 0. The van der Waals surface area contributed by atoms with Crippen molar-refractivity contribution in [2.75, 3.05) is 0 Å². The molecule has 7 aromatic rings. The standard InChI is InChI=1S/C35H26N2/c1-2-33-36-31-22-12-13-23-32(31)37(33)35-29-20-10-8-18-27(29)34(28-19-9-11-21-30(28)35)26-17-7-6-16-25(26)24-14-4-3-5-15-24/h3-23H,2H2,1H3/i1D3,2D2,8D,9D,10D,11D,18D,19D,20D,21D. The number of aromatic nitrogens is 2. The molecule has 0 radical (unpaired) electrons. The van der Waals surface area contributed by atoms with Gasteiger partial charge in [0.25, 0.3) is 0 Å². The van der Waals surface area contributed by atoms with Gasteiger partial charge in [-0.2, -0.15) is 0 Å². The van der Waals surface area contributed by atoms with Crippen molar-refractivity contribution < 1.29 is 17.8 Å². The zero-order chi connectivity index (χ0) is 36.0. The number of aryl methyl sites for hydroxylation is 1. The minimum atomic E-state index is -3.26. The normalized spacial score (nSPS) is 17.2. The Balaban J connectivity index is 1.87. The molecule has 1 aromatic heterocycles. The fraction of sp³-hybridized carbons (Fsp3) is 0.0571. The Labute approximate surface area is 234 Å². The highest BCUT2D eigenvalue weighted by atomic mass is 15.1. The molecule has 0 unspecified atom stereocenters. The monoisotopic (exact) mass is 487 g/mol. The number of para-hydroxylation sites is 2. The van der Waals surface area contributed by atoms with Crippen LogP contribution in [0.1, 0.15) is 30.5 Å². The van der Waals surface area contributed by atoms with E-state index in [0.717, 1.165) is 10.1 Å². The lowest BCUT2D eigenvalue weighted by molar-refractivity contribution is 0.917. The maximum Gasteiger partial charge on any atom is 0.114 e. The molecular formula is C35H26N2. The predicted octanol–water partition coefficient (Wildman–Crippen LogP) is 9.23. The molecule has 0 aliphatic carbocycles. The molecule has 0 saturated carbocycles. The number of hydrogen-bond acceptors (Lipinski definition) is 1. The van der Waals surface area contributed by atoms with Gasteiger partial charge in [0.2, 0.25) is 0 Å². The van der Waals surface area contributed by atoms with Gasteiger partial charge in [-0.05, 0) is 45.2 Å². The third kappa shape index (κ3) is 3.37. The lowest BCUT2D eigenvalue weighted by Gasteiger charge is -2.21. The largest absolute Gasteiger partial charge is 0.295 e. The van der Waals surface area contributed by atoms with Gasteiger partial charge in [0.1, 0.15) is 5.82 Å². The molecule has 0 aliphatic heterocycles. The van der Waals surface area contributed by atoms with Crippen molar-refractivity contribution >= 4 is 32.6 Å². The minimum absolute atomic E-state index is 0.0925. The molecule has 0 bridgehead atoms. The number of fused-ring (bicyclic) bond motifs is 3. The molecule has 37 heavy (non-hydrogen) atoms. The Hall–Kier alpha value is -4.69. The Morgan fingerprint density at radius 3 is 2.00 bits per heavy atom. The average Bonchev–Trinajstić information content (AvgIpc) is 3.50. The maximum absolute atomic E-state index is 9.28. The fourth-order valence-electron chi connectivity index (χ4n) is 5.00. The first kappa shape index (κ1) is 12.0. The summed E-state index contributed by atoms with van der Waals surface area (Å²) in [6.07, 6.45) is -3.13. The molecule has 2 nitrogen and oxygen atoms in total. The van der Waals surface area contributed by atoms with E-state index < -0.39 is 67.4 Å². The van der Waals surface area contributed by atoms with Crippen LogP contribution in [0.25, 0.3) is 60.5 Å². The Morgan fingerprint density at radius 2 is 1.30 bits per heavy atom. The summed E-state index contributed by atoms with van der Waals surface area (Å²) in [4.78, 5) is 4.40. The average molecular weight is 488 g/mol. The van der Waals surface area contributed by atoms with E-state index in [1.807, 2.05) is 30.3 Å². The molecule has 0 aliphatic rings. The summed E-state index contributed by atoms with van der Waals surface area (Å²) < 4.78 is 115. The molecule has 0 atom stereocenters. The number of nitrogens with zero attached hydrogens (tertiary/aromatic N) is 2. The van der Waals surface area contributed by atoms with E-state index in [-0.39, 0.29) is 43.8 Å². The molecule has 0 N–H and O–H groups in total. The van der Waals surface area contributed by atoms with Crippen LogP contribution >= 0.6 is 0 Å². The summed E-state index contributed by atoms with van der Waals surface area (Å²) in [5, 5.41) is -0.579. The van der Waals surface area contributed by atoms with Gasteiger partial charge in [-0.3, -0.25) is 4.57 Å². The van der Waals surface area contributed by atoms with E-state index in [4.69, 9.17) is 12.3 Å². The maximum atomic E-state index is 9.28. The first-order valence-electron chi connectivity index (χ1n) is 18.2. The van der Waals surface area contributed by atoms with Crippen LogP contribution in [0.4, 0.5) is 0 Å². The van der Waals surface area contributed by atoms with Crippen molar-refractivity contribution in [3.8, 4) is 27.9 Å². The topological polar surface area (TPSA) is 17.8 Å². The number of rotatable bonds is 4. The van der Waals surface area contributed by atoms with Crippen molar-refractivity contribution in [3.05, 3.63) is 133 Å². The van der Waals surface area contributed by atoms with Crippen molar-refractivity contribution in [2.45, 2.75) is 13.2 Å². The number of hydrogen-bond donors (Lipinski definition) is 0. The summed E-state index contributed by atoms with van der Waals surface area (Å²) in [5.41, 5.74) is 1.98. The van der Waals surface area contributed by atoms with E-state index >= 15 is 0 Å². The van der Waals surface area contributed by atoms with Gasteiger partial charge in [-0.25, -0.2) is 4.98 Å². The second kappa shape index (κ2) is 8.76. The highest BCUT2D eigenvalue weighted by Gasteiger charge is 2.21. The number of imidazole rings is 1. The summed E-state index contributed by atoms with van der Waals surface area (Å²) >= 11 is 0. The molecule has 176 valence electrons. The second-order valence-corrected chi connectivity index (χ2v) is 8.52. The minimum Gasteiger partial charge on any atom is -0.295 e. The van der Waals surface area contributed by atoms with Crippen LogP contribution in [0.5, 0.6) is 0 Å². The summed E-state index contributed by atoms with van der Waals surface area (Å²) in [6, 6.07) is 17.9. The van der Waals surface area contributed by atoms with Gasteiger partial charge in [-0.1, -0.05) is 122 Å². The first-order valence-corrected chi connectivity index (χ1v) is 11.7. The van der Waals surface area contributed by atoms with E-state index in [9.17, 15) is 5.48 Å². The van der Waals surface area contributed by atoms with E-state index in [0.29, 0.717) is 11.1 Å². The van der Waals surface area contributed by atoms with Crippen molar-refractivity contribution in [1.29, 1.82) is 0 Å². The summed E-state index contributed by atoms with van der Waals surface area (Å²) in [5.74, 6) is -0.626. The predicted molar refractivity (Wildman–Crippen MR) is 156 cm³/mol. The van der Waals surface area contributed by atoms with Crippen LogP contribution < -0.4 is 0 Å². The third-order valence-electron chi connectivity index (χ3n) is 6.53. The molecule has 0 amide bonds. The van der Waals surface area contributed by atoms with E-state index in [1.54, 1.807) is 36.4 Å². The molecule has 0 saturated heterocycles. The zero-order valence-corrected chi connectivity index (χ0v) is 19.4. The first-order chi connectivity index (χ1) is 23.6. The van der Waals surface area contributed by atoms with Gasteiger partial charge in [-0.15, -0.1) is 0 Å². The Morgan fingerprint density at radius 1 is 0.703 bits per heavy atom.